The minimum absolute atomic E-state index is 0.823. The van der Waals surface area contributed by atoms with Crippen molar-refractivity contribution in [2.75, 3.05) is 32.7 Å². The first kappa shape index (κ1) is 14.8. The van der Waals surface area contributed by atoms with E-state index in [2.05, 4.69) is 57.5 Å². The predicted octanol–water partition coefficient (Wildman–Crippen LogP) is 1.03. The largest absolute Gasteiger partial charge is 0.339 e. The number of hydrogen-bond donors (Lipinski definition) is 2. The minimum Gasteiger partial charge on any atom is -0.339 e. The van der Waals surface area contributed by atoms with Crippen LogP contribution in [0.25, 0.3) is 0 Å². The fraction of sp³-hybridized carbons (Fsp3) is 0.533. The highest BCUT2D eigenvalue weighted by molar-refractivity contribution is 5.79. The molecule has 1 aliphatic heterocycles. The molecule has 110 valence electrons. The molecule has 0 saturated carbocycles. The average molecular weight is 275 g/mol. The number of nitrogens with zero attached hydrogens (tertiary/aromatic N) is 3. The van der Waals surface area contributed by atoms with Crippen molar-refractivity contribution >= 4 is 5.96 Å². The Morgan fingerprint density at radius 3 is 2.50 bits per heavy atom. The van der Waals surface area contributed by atoms with Gasteiger partial charge in [0.15, 0.2) is 0 Å². The van der Waals surface area contributed by atoms with Crippen LogP contribution in [0.5, 0.6) is 0 Å². The highest BCUT2D eigenvalue weighted by atomic mass is 15.4. The Morgan fingerprint density at radius 2 is 1.90 bits per heavy atom. The van der Waals surface area contributed by atoms with E-state index in [1.807, 2.05) is 0 Å². The van der Waals surface area contributed by atoms with Crippen molar-refractivity contribution in [3.05, 3.63) is 35.9 Å². The lowest BCUT2D eigenvalue weighted by atomic mass is 10.2. The Hall–Kier alpha value is -1.59. The second-order valence-electron chi connectivity index (χ2n) is 5.10. The third-order valence-corrected chi connectivity index (χ3v) is 3.54. The maximum Gasteiger partial charge on any atom is 0.208 e. The molecule has 20 heavy (non-hydrogen) atoms. The lowest BCUT2D eigenvalue weighted by Gasteiger charge is -2.36. The van der Waals surface area contributed by atoms with E-state index in [-0.39, 0.29) is 0 Å². The van der Waals surface area contributed by atoms with Crippen LogP contribution in [0.3, 0.4) is 0 Å². The summed E-state index contributed by atoms with van der Waals surface area (Å²) in [6.45, 7) is 7.99. The van der Waals surface area contributed by atoms with Crippen molar-refractivity contribution in [3.8, 4) is 0 Å². The third kappa shape index (κ3) is 4.21. The van der Waals surface area contributed by atoms with Crippen LogP contribution in [0, 0.1) is 0 Å². The molecule has 1 saturated heterocycles. The molecule has 1 aliphatic rings. The van der Waals surface area contributed by atoms with Gasteiger partial charge in [-0.3, -0.25) is 15.3 Å². The maximum absolute atomic E-state index is 5.57. The topological polar surface area (TPSA) is 56.9 Å². The number of rotatable bonds is 4. The molecular formula is C15H25N5. The highest BCUT2D eigenvalue weighted by Crippen LogP contribution is 2.08. The molecule has 0 amide bonds. The van der Waals surface area contributed by atoms with Crippen LogP contribution < -0.4 is 11.3 Å². The first-order valence-corrected chi connectivity index (χ1v) is 7.35. The molecular weight excluding hydrogens is 250 g/mol. The van der Waals surface area contributed by atoms with Crippen LogP contribution in [-0.2, 0) is 6.54 Å². The molecule has 0 atom stereocenters. The first-order valence-electron chi connectivity index (χ1n) is 7.35. The van der Waals surface area contributed by atoms with Gasteiger partial charge in [0.25, 0.3) is 0 Å². The third-order valence-electron chi connectivity index (χ3n) is 3.54. The van der Waals surface area contributed by atoms with E-state index in [1.54, 1.807) is 0 Å². The summed E-state index contributed by atoms with van der Waals surface area (Å²) in [4.78, 5) is 9.19. The smallest absolute Gasteiger partial charge is 0.208 e. The summed E-state index contributed by atoms with van der Waals surface area (Å²) in [5.41, 5.74) is 4.10. The van der Waals surface area contributed by atoms with Gasteiger partial charge in [0.1, 0.15) is 0 Å². The van der Waals surface area contributed by atoms with Crippen LogP contribution in [0.15, 0.2) is 35.3 Å². The van der Waals surface area contributed by atoms with Crippen molar-refractivity contribution in [2.24, 2.45) is 10.8 Å². The van der Waals surface area contributed by atoms with Gasteiger partial charge in [0.05, 0.1) is 0 Å². The zero-order chi connectivity index (χ0) is 14.2. The lowest BCUT2D eigenvalue weighted by molar-refractivity contribution is 0.172. The Morgan fingerprint density at radius 1 is 1.20 bits per heavy atom. The molecule has 1 fully saturated rings. The monoisotopic (exact) mass is 275 g/mol. The van der Waals surface area contributed by atoms with Gasteiger partial charge in [0, 0.05) is 39.3 Å². The number of piperazine rings is 1. The van der Waals surface area contributed by atoms with E-state index in [0.29, 0.717) is 0 Å². The molecule has 1 aromatic rings. The summed E-state index contributed by atoms with van der Waals surface area (Å²) in [5.74, 6) is 6.39. The molecule has 0 radical (unpaired) electrons. The summed E-state index contributed by atoms with van der Waals surface area (Å²) in [6.07, 6.45) is 1.04. The number of nitrogens with one attached hydrogen (secondary N) is 1. The van der Waals surface area contributed by atoms with E-state index in [9.17, 15) is 0 Å². The Labute approximate surface area is 121 Å². The molecule has 3 N–H and O–H groups in total. The Balaban J connectivity index is 1.83. The number of nitrogens with two attached hydrogens (primary N) is 1. The quantitative estimate of drug-likeness (QED) is 0.373. The van der Waals surface area contributed by atoms with Crippen LogP contribution in [0.2, 0.25) is 0 Å². The van der Waals surface area contributed by atoms with Gasteiger partial charge in [0.2, 0.25) is 5.96 Å². The molecule has 0 unspecified atom stereocenters. The van der Waals surface area contributed by atoms with Gasteiger partial charge < -0.3 is 4.90 Å². The van der Waals surface area contributed by atoms with Crippen molar-refractivity contribution in [3.63, 3.8) is 0 Å². The number of guanidine groups is 1. The summed E-state index contributed by atoms with van der Waals surface area (Å²) in [6, 6.07) is 10.6. The van der Waals surface area contributed by atoms with Gasteiger partial charge in [-0.05, 0) is 12.0 Å². The molecule has 1 aromatic carbocycles. The normalized spacial score (nSPS) is 17.3. The Bertz CT molecular complexity index is 410. The Kier molecular flexibility index (Phi) is 5.83. The summed E-state index contributed by atoms with van der Waals surface area (Å²) in [5, 5.41) is 0. The number of hydrogen-bond acceptors (Lipinski definition) is 3. The second-order valence-corrected chi connectivity index (χ2v) is 5.10. The van der Waals surface area contributed by atoms with Crippen LogP contribution >= 0.6 is 0 Å². The van der Waals surface area contributed by atoms with E-state index in [1.165, 1.54) is 5.56 Å². The predicted molar refractivity (Wildman–Crippen MR) is 83.2 cm³/mol. The SMILES string of the molecule is CCCN=C(NN)N1CCN(Cc2ccccc2)CC1. The van der Waals surface area contributed by atoms with E-state index in [0.717, 1.165) is 51.6 Å². The first-order chi connectivity index (χ1) is 9.83. The molecule has 0 aromatic heterocycles. The van der Waals surface area contributed by atoms with E-state index in [4.69, 9.17) is 5.84 Å². The molecule has 0 aliphatic carbocycles. The zero-order valence-electron chi connectivity index (χ0n) is 12.3. The highest BCUT2D eigenvalue weighted by Gasteiger charge is 2.19. The van der Waals surface area contributed by atoms with E-state index < -0.39 is 0 Å². The van der Waals surface area contributed by atoms with Crippen molar-refractivity contribution in [2.45, 2.75) is 19.9 Å². The molecule has 5 nitrogen and oxygen atoms in total. The maximum atomic E-state index is 5.57. The number of benzene rings is 1. The van der Waals surface area contributed by atoms with Crippen LogP contribution in [-0.4, -0.2) is 48.5 Å². The van der Waals surface area contributed by atoms with Crippen LogP contribution in [0.4, 0.5) is 0 Å². The van der Waals surface area contributed by atoms with Gasteiger partial charge in [-0.15, -0.1) is 0 Å². The molecule has 1 heterocycles. The zero-order valence-corrected chi connectivity index (χ0v) is 12.3. The molecule has 5 heteroatoms. The second kappa shape index (κ2) is 7.87. The van der Waals surface area contributed by atoms with Crippen molar-refractivity contribution in [1.29, 1.82) is 0 Å². The standard InChI is InChI=1S/C15H25N5/c1-2-8-17-15(18-16)20-11-9-19(10-12-20)13-14-6-4-3-5-7-14/h3-7H,2,8-13,16H2,1H3,(H,17,18). The fourth-order valence-corrected chi connectivity index (χ4v) is 2.41. The minimum atomic E-state index is 0.823. The molecule has 0 spiro atoms. The summed E-state index contributed by atoms with van der Waals surface area (Å²) in [7, 11) is 0. The lowest BCUT2D eigenvalue weighted by Crippen LogP contribution is -2.53. The van der Waals surface area contributed by atoms with Gasteiger partial charge in [-0.25, -0.2) is 5.84 Å². The average Bonchev–Trinajstić information content (AvgIpc) is 2.50. The van der Waals surface area contributed by atoms with Crippen molar-refractivity contribution < 1.29 is 0 Å². The van der Waals surface area contributed by atoms with Crippen LogP contribution in [0.1, 0.15) is 18.9 Å². The molecule has 0 bridgehead atoms. The fourth-order valence-electron chi connectivity index (χ4n) is 2.41. The molecule has 2 rings (SSSR count). The summed E-state index contributed by atoms with van der Waals surface area (Å²) < 4.78 is 0. The van der Waals surface area contributed by atoms with E-state index >= 15 is 0 Å². The van der Waals surface area contributed by atoms with Gasteiger partial charge in [-0.1, -0.05) is 37.3 Å². The van der Waals surface area contributed by atoms with Gasteiger partial charge >= 0.3 is 0 Å². The number of hydrazine groups is 1. The van der Waals surface area contributed by atoms with Crippen molar-refractivity contribution in [1.82, 2.24) is 15.2 Å². The number of aliphatic imine (C=N–C) groups is 1. The summed E-state index contributed by atoms with van der Waals surface area (Å²) >= 11 is 0. The van der Waals surface area contributed by atoms with Gasteiger partial charge in [-0.2, -0.15) is 0 Å².